The molecule has 0 saturated heterocycles. The highest BCUT2D eigenvalue weighted by Crippen LogP contribution is 2.30. The van der Waals surface area contributed by atoms with Gasteiger partial charge < -0.3 is 4.74 Å². The van der Waals surface area contributed by atoms with Crippen LogP contribution in [0.3, 0.4) is 0 Å². The van der Waals surface area contributed by atoms with Crippen LogP contribution in [-0.2, 0) is 14.8 Å². The number of halogens is 1. The van der Waals surface area contributed by atoms with Crippen molar-refractivity contribution in [3.63, 3.8) is 0 Å². The summed E-state index contributed by atoms with van der Waals surface area (Å²) in [5, 5.41) is 5.09. The topological polar surface area (TPSA) is 86.5 Å². The van der Waals surface area contributed by atoms with Crippen LogP contribution in [-0.4, -0.2) is 21.0 Å². The van der Waals surface area contributed by atoms with Gasteiger partial charge in [0.1, 0.15) is 4.90 Å². The summed E-state index contributed by atoms with van der Waals surface area (Å²) in [6.07, 6.45) is 2.13. The van der Waals surface area contributed by atoms with E-state index in [1.54, 1.807) is 6.92 Å². The quantitative estimate of drug-likeness (QED) is 0.860. The Kier molecular flexibility index (Phi) is 3.85. The number of hydrogen-bond acceptors (Lipinski definition) is 4. The molecule has 1 aromatic rings. The lowest BCUT2D eigenvalue weighted by atomic mass is 10.1. The Balaban J connectivity index is 2.30. The number of ether oxygens (including phenoxy) is 1. The molecule has 2 rings (SSSR count). The molecule has 5 nitrogen and oxygen atoms in total. The molecular formula is C12H14ClNO4S. The largest absolute Gasteiger partial charge is 0.462 e. The van der Waals surface area contributed by atoms with Gasteiger partial charge in [0.15, 0.2) is 0 Å². The van der Waals surface area contributed by atoms with Crippen molar-refractivity contribution < 1.29 is 17.9 Å². The van der Waals surface area contributed by atoms with E-state index in [2.05, 4.69) is 0 Å². The number of hydrogen-bond donors (Lipinski definition) is 1. The van der Waals surface area contributed by atoms with E-state index in [9.17, 15) is 13.2 Å². The van der Waals surface area contributed by atoms with E-state index in [0.29, 0.717) is 18.1 Å². The highest BCUT2D eigenvalue weighted by atomic mass is 35.5. The molecule has 0 aromatic heterocycles. The van der Waals surface area contributed by atoms with Crippen LogP contribution < -0.4 is 5.14 Å². The van der Waals surface area contributed by atoms with Crippen LogP contribution in [0.15, 0.2) is 17.0 Å². The Morgan fingerprint density at radius 2 is 2.11 bits per heavy atom. The second-order valence-electron chi connectivity index (χ2n) is 4.69. The summed E-state index contributed by atoms with van der Waals surface area (Å²) in [5.74, 6) is -0.119. The van der Waals surface area contributed by atoms with Gasteiger partial charge >= 0.3 is 5.97 Å². The van der Waals surface area contributed by atoms with Gasteiger partial charge in [-0.2, -0.15) is 0 Å². The van der Waals surface area contributed by atoms with Crippen molar-refractivity contribution in [3.05, 3.63) is 28.3 Å². The highest BCUT2D eigenvalue weighted by Gasteiger charge is 2.24. The zero-order valence-corrected chi connectivity index (χ0v) is 11.9. The van der Waals surface area contributed by atoms with E-state index in [4.69, 9.17) is 21.5 Å². The normalized spacial score (nSPS) is 15.3. The molecule has 7 heteroatoms. The summed E-state index contributed by atoms with van der Waals surface area (Å²) in [6.45, 7) is 1.97. The van der Waals surface area contributed by atoms with Gasteiger partial charge in [-0.15, -0.1) is 0 Å². The number of esters is 1. The summed E-state index contributed by atoms with van der Waals surface area (Å²) in [7, 11) is -3.97. The Bertz CT molecular complexity index is 623. The van der Waals surface area contributed by atoms with E-state index in [0.717, 1.165) is 18.9 Å². The molecule has 1 aliphatic rings. The fourth-order valence-electron chi connectivity index (χ4n) is 1.62. The molecular weight excluding hydrogens is 290 g/mol. The lowest BCUT2D eigenvalue weighted by molar-refractivity contribution is 0.0485. The van der Waals surface area contributed by atoms with Gasteiger partial charge in [-0.05, 0) is 43.4 Å². The van der Waals surface area contributed by atoms with Crippen LogP contribution >= 0.6 is 11.6 Å². The van der Waals surface area contributed by atoms with E-state index in [1.807, 2.05) is 0 Å². The predicted molar refractivity (Wildman–Crippen MR) is 70.6 cm³/mol. The lowest BCUT2D eigenvalue weighted by Gasteiger charge is -2.09. The number of carbonyl (C=O) groups is 1. The third-order valence-electron chi connectivity index (χ3n) is 2.91. The molecule has 0 aliphatic heterocycles. The molecule has 1 aromatic carbocycles. The summed E-state index contributed by atoms with van der Waals surface area (Å²) < 4.78 is 27.9. The van der Waals surface area contributed by atoms with Gasteiger partial charge in [-0.3, -0.25) is 0 Å². The molecule has 0 heterocycles. The fourth-order valence-corrected chi connectivity index (χ4v) is 2.76. The van der Waals surface area contributed by atoms with Gasteiger partial charge in [0.2, 0.25) is 10.0 Å². The van der Waals surface area contributed by atoms with Crippen LogP contribution in [0.2, 0.25) is 5.02 Å². The van der Waals surface area contributed by atoms with Crippen molar-refractivity contribution in [2.24, 2.45) is 11.1 Å². The second kappa shape index (κ2) is 5.11. The van der Waals surface area contributed by atoms with Crippen LogP contribution in [0.4, 0.5) is 0 Å². The van der Waals surface area contributed by atoms with E-state index < -0.39 is 16.0 Å². The van der Waals surface area contributed by atoms with Crippen molar-refractivity contribution in [1.29, 1.82) is 0 Å². The first-order valence-corrected chi connectivity index (χ1v) is 7.71. The maximum Gasteiger partial charge on any atom is 0.338 e. The second-order valence-corrected chi connectivity index (χ2v) is 6.60. The van der Waals surface area contributed by atoms with Gasteiger partial charge in [-0.25, -0.2) is 18.4 Å². The molecule has 104 valence electrons. The molecule has 0 unspecified atom stereocenters. The molecule has 2 N–H and O–H groups in total. The van der Waals surface area contributed by atoms with Gasteiger partial charge in [0, 0.05) is 0 Å². The average Bonchev–Trinajstić information content (AvgIpc) is 3.11. The number of benzene rings is 1. The van der Waals surface area contributed by atoms with Crippen LogP contribution in [0.1, 0.15) is 28.8 Å². The minimum Gasteiger partial charge on any atom is -0.462 e. The average molecular weight is 304 g/mol. The van der Waals surface area contributed by atoms with Crippen molar-refractivity contribution in [1.82, 2.24) is 0 Å². The van der Waals surface area contributed by atoms with E-state index in [-0.39, 0.29) is 15.5 Å². The molecule has 0 bridgehead atoms. The van der Waals surface area contributed by atoms with Crippen molar-refractivity contribution >= 4 is 27.6 Å². The first-order chi connectivity index (χ1) is 8.79. The standard InChI is InChI=1S/C12H14ClNO4S/c1-7-4-9(12(15)18-6-8-2-3-8)5-10(11(7)13)19(14,16)17/h4-5,8H,2-3,6H2,1H3,(H2,14,16,17). The minimum atomic E-state index is -3.97. The number of rotatable bonds is 4. The van der Waals surface area contributed by atoms with Gasteiger partial charge in [0.05, 0.1) is 17.2 Å². The zero-order valence-electron chi connectivity index (χ0n) is 10.3. The van der Waals surface area contributed by atoms with E-state index in [1.165, 1.54) is 6.07 Å². The Labute approximate surface area is 116 Å². The van der Waals surface area contributed by atoms with Crippen molar-refractivity contribution in [2.45, 2.75) is 24.7 Å². The van der Waals surface area contributed by atoms with Crippen molar-refractivity contribution in [2.75, 3.05) is 6.61 Å². The molecule has 1 fully saturated rings. The molecule has 0 atom stereocenters. The molecule has 1 aliphatic carbocycles. The van der Waals surface area contributed by atoms with Gasteiger partial charge in [0.25, 0.3) is 0 Å². The SMILES string of the molecule is Cc1cc(C(=O)OCC2CC2)cc(S(N)(=O)=O)c1Cl. The number of nitrogens with two attached hydrogens (primary N) is 1. The third kappa shape index (κ3) is 3.46. The number of aryl methyl sites for hydroxylation is 1. The van der Waals surface area contributed by atoms with Crippen LogP contribution in [0.5, 0.6) is 0 Å². The number of sulfonamides is 1. The highest BCUT2D eigenvalue weighted by molar-refractivity contribution is 7.89. The maximum absolute atomic E-state index is 11.8. The monoisotopic (exact) mass is 303 g/mol. The minimum absolute atomic E-state index is 0.0289. The number of primary sulfonamides is 1. The van der Waals surface area contributed by atoms with Gasteiger partial charge in [-0.1, -0.05) is 11.6 Å². The Hall–Kier alpha value is -1.11. The first-order valence-electron chi connectivity index (χ1n) is 5.79. The smallest absolute Gasteiger partial charge is 0.338 e. The molecule has 0 spiro atoms. The Morgan fingerprint density at radius 1 is 1.47 bits per heavy atom. The van der Waals surface area contributed by atoms with E-state index >= 15 is 0 Å². The Morgan fingerprint density at radius 3 is 2.63 bits per heavy atom. The molecule has 1 saturated carbocycles. The summed E-state index contributed by atoms with van der Waals surface area (Å²) in [5.41, 5.74) is 0.609. The van der Waals surface area contributed by atoms with Crippen LogP contribution in [0, 0.1) is 12.8 Å². The van der Waals surface area contributed by atoms with Crippen LogP contribution in [0.25, 0.3) is 0 Å². The molecule has 0 amide bonds. The lowest BCUT2D eigenvalue weighted by Crippen LogP contribution is -2.15. The predicted octanol–water partition coefficient (Wildman–Crippen LogP) is 1.86. The molecule has 0 radical (unpaired) electrons. The summed E-state index contributed by atoms with van der Waals surface area (Å²) in [6, 6.07) is 2.64. The first kappa shape index (κ1) is 14.3. The summed E-state index contributed by atoms with van der Waals surface area (Å²) in [4.78, 5) is 11.6. The summed E-state index contributed by atoms with van der Waals surface area (Å²) >= 11 is 5.88. The zero-order chi connectivity index (χ0) is 14.2. The third-order valence-corrected chi connectivity index (χ3v) is 4.46. The maximum atomic E-state index is 11.8. The fraction of sp³-hybridized carbons (Fsp3) is 0.417. The molecule has 19 heavy (non-hydrogen) atoms. The van der Waals surface area contributed by atoms with Crippen molar-refractivity contribution in [3.8, 4) is 0 Å². The number of carbonyl (C=O) groups excluding carboxylic acids is 1.